The zero-order valence-corrected chi connectivity index (χ0v) is 11.8. The number of carboxylic acid groups (broad SMARTS) is 1. The van der Waals surface area contributed by atoms with E-state index in [2.05, 4.69) is 4.98 Å². The highest BCUT2D eigenvalue weighted by Crippen LogP contribution is 2.31. The number of fused-ring (bicyclic) bond motifs is 2. The summed E-state index contributed by atoms with van der Waals surface area (Å²) in [5, 5.41) is 9.23. The number of nitrogens with zero attached hydrogens (tertiary/aromatic N) is 3. The van der Waals surface area contributed by atoms with Crippen molar-refractivity contribution in [2.45, 2.75) is 31.8 Å². The Morgan fingerprint density at radius 2 is 1.90 bits per heavy atom. The number of piperazine rings is 1. The van der Waals surface area contributed by atoms with Gasteiger partial charge in [-0.25, -0.2) is 9.78 Å². The van der Waals surface area contributed by atoms with Crippen LogP contribution < -0.4 is 5.73 Å². The molecule has 2 fully saturated rings. The molecule has 112 valence electrons. The van der Waals surface area contributed by atoms with Crippen molar-refractivity contribution >= 4 is 17.8 Å². The molecule has 2 amide bonds. The third-order valence-corrected chi connectivity index (χ3v) is 4.33. The van der Waals surface area contributed by atoms with E-state index < -0.39 is 6.09 Å². The average molecular weight is 290 g/mol. The Labute approximate surface area is 122 Å². The second-order valence-corrected chi connectivity index (χ2v) is 5.65. The molecule has 0 aromatic carbocycles. The first-order chi connectivity index (χ1) is 9.97. The number of nitrogens with two attached hydrogens (primary N) is 1. The number of nitrogen functional groups attached to an aromatic ring is 1. The molecule has 1 aromatic rings. The second kappa shape index (κ2) is 4.91. The van der Waals surface area contributed by atoms with Crippen molar-refractivity contribution in [3.8, 4) is 0 Å². The van der Waals surface area contributed by atoms with Crippen LogP contribution in [0, 0.1) is 6.92 Å². The van der Waals surface area contributed by atoms with Gasteiger partial charge >= 0.3 is 6.09 Å². The largest absolute Gasteiger partial charge is 0.465 e. The molecule has 3 heterocycles. The van der Waals surface area contributed by atoms with E-state index in [1.807, 2.05) is 0 Å². The average Bonchev–Trinajstić information content (AvgIpc) is 2.69. The van der Waals surface area contributed by atoms with Gasteiger partial charge in [-0.3, -0.25) is 9.69 Å². The summed E-state index contributed by atoms with van der Waals surface area (Å²) in [6.07, 6.45) is 0.749. The van der Waals surface area contributed by atoms with Gasteiger partial charge in [-0.2, -0.15) is 0 Å². The molecule has 2 bridgehead atoms. The van der Waals surface area contributed by atoms with E-state index in [1.54, 1.807) is 24.0 Å². The molecule has 2 atom stereocenters. The van der Waals surface area contributed by atoms with Crippen molar-refractivity contribution in [3.63, 3.8) is 0 Å². The fourth-order valence-corrected chi connectivity index (χ4v) is 3.36. The molecule has 0 saturated carbocycles. The van der Waals surface area contributed by atoms with E-state index in [4.69, 9.17) is 5.73 Å². The third-order valence-electron chi connectivity index (χ3n) is 4.33. The van der Waals surface area contributed by atoms with Crippen LogP contribution in [-0.2, 0) is 0 Å². The van der Waals surface area contributed by atoms with E-state index in [0.717, 1.165) is 12.8 Å². The summed E-state index contributed by atoms with van der Waals surface area (Å²) in [6.45, 7) is 2.66. The minimum Gasteiger partial charge on any atom is -0.465 e. The van der Waals surface area contributed by atoms with Crippen LogP contribution in [0.5, 0.6) is 0 Å². The van der Waals surface area contributed by atoms with Crippen molar-refractivity contribution < 1.29 is 14.7 Å². The van der Waals surface area contributed by atoms with Crippen molar-refractivity contribution in [2.75, 3.05) is 18.8 Å². The van der Waals surface area contributed by atoms with Gasteiger partial charge in [-0.05, 0) is 31.9 Å². The quantitative estimate of drug-likeness (QED) is 0.801. The SMILES string of the molecule is Cc1nc(N)ccc1C(=O)N1CC2CCC(C1)N2C(=O)O. The molecular formula is C14H18N4O3. The van der Waals surface area contributed by atoms with Gasteiger partial charge in [-0.1, -0.05) is 0 Å². The second-order valence-electron chi connectivity index (χ2n) is 5.65. The first kappa shape index (κ1) is 13.7. The topological polar surface area (TPSA) is 99.8 Å². The number of aryl methyl sites for hydroxylation is 1. The summed E-state index contributed by atoms with van der Waals surface area (Å²) in [5.74, 6) is 0.293. The van der Waals surface area contributed by atoms with Gasteiger partial charge in [0.1, 0.15) is 5.82 Å². The predicted octanol–water partition coefficient (Wildman–Crippen LogP) is 0.939. The van der Waals surface area contributed by atoms with Crippen molar-refractivity contribution in [2.24, 2.45) is 0 Å². The number of hydrogen-bond acceptors (Lipinski definition) is 4. The number of amides is 2. The minimum absolute atomic E-state index is 0.0905. The highest BCUT2D eigenvalue weighted by atomic mass is 16.4. The Morgan fingerprint density at radius 1 is 1.29 bits per heavy atom. The fourth-order valence-electron chi connectivity index (χ4n) is 3.36. The van der Waals surface area contributed by atoms with Gasteiger partial charge in [-0.15, -0.1) is 0 Å². The van der Waals surface area contributed by atoms with Crippen LogP contribution in [-0.4, -0.2) is 57.1 Å². The van der Waals surface area contributed by atoms with E-state index >= 15 is 0 Å². The molecule has 0 aliphatic carbocycles. The predicted molar refractivity (Wildman–Crippen MR) is 76.0 cm³/mol. The van der Waals surface area contributed by atoms with E-state index in [1.165, 1.54) is 4.90 Å². The maximum atomic E-state index is 12.6. The third kappa shape index (κ3) is 2.28. The number of carbonyl (C=O) groups excluding carboxylic acids is 1. The molecule has 3 N–H and O–H groups in total. The number of carbonyl (C=O) groups is 2. The number of hydrogen-bond donors (Lipinski definition) is 2. The molecule has 7 heteroatoms. The molecule has 2 aliphatic heterocycles. The van der Waals surface area contributed by atoms with Gasteiger partial charge in [0, 0.05) is 13.1 Å². The monoisotopic (exact) mass is 290 g/mol. The first-order valence-corrected chi connectivity index (χ1v) is 7.01. The molecular weight excluding hydrogens is 272 g/mol. The molecule has 21 heavy (non-hydrogen) atoms. The molecule has 2 saturated heterocycles. The lowest BCUT2D eigenvalue weighted by molar-refractivity contribution is 0.0447. The molecule has 0 radical (unpaired) electrons. The number of pyridine rings is 1. The molecule has 2 aliphatic rings. The van der Waals surface area contributed by atoms with Gasteiger partial charge in [0.15, 0.2) is 0 Å². The Hall–Kier alpha value is -2.31. The van der Waals surface area contributed by atoms with E-state index in [-0.39, 0.29) is 18.0 Å². The van der Waals surface area contributed by atoms with Crippen LogP contribution in [0.2, 0.25) is 0 Å². The van der Waals surface area contributed by atoms with Crippen molar-refractivity contribution in [1.29, 1.82) is 0 Å². The molecule has 3 rings (SSSR count). The lowest BCUT2D eigenvalue weighted by atomic mass is 10.1. The van der Waals surface area contributed by atoms with Crippen LogP contribution in [0.3, 0.4) is 0 Å². The summed E-state index contributed by atoms with van der Waals surface area (Å²) < 4.78 is 0. The Bertz CT molecular complexity index is 590. The van der Waals surface area contributed by atoms with Crippen LogP contribution in [0.4, 0.5) is 10.6 Å². The number of anilines is 1. The van der Waals surface area contributed by atoms with E-state index in [9.17, 15) is 14.7 Å². The molecule has 0 spiro atoms. The maximum Gasteiger partial charge on any atom is 0.407 e. The van der Waals surface area contributed by atoms with Crippen molar-refractivity contribution in [3.05, 3.63) is 23.4 Å². The summed E-state index contributed by atoms with van der Waals surface area (Å²) in [6, 6.07) is 3.12. The Morgan fingerprint density at radius 3 is 2.43 bits per heavy atom. The van der Waals surface area contributed by atoms with Gasteiger partial charge in [0.05, 0.1) is 23.3 Å². The fraction of sp³-hybridized carbons (Fsp3) is 0.500. The standard InChI is InChI=1S/C14H18N4O3/c1-8-11(4-5-12(15)16-8)13(19)17-6-9-2-3-10(7-17)18(9)14(20)21/h4-5,9-10H,2-3,6-7H2,1H3,(H2,15,16)(H,20,21). The highest BCUT2D eigenvalue weighted by molar-refractivity contribution is 5.95. The Balaban J connectivity index is 1.80. The molecule has 7 nitrogen and oxygen atoms in total. The van der Waals surface area contributed by atoms with Crippen LogP contribution in [0.1, 0.15) is 28.9 Å². The van der Waals surface area contributed by atoms with Gasteiger partial charge in [0.25, 0.3) is 5.91 Å². The van der Waals surface area contributed by atoms with Gasteiger partial charge < -0.3 is 15.7 Å². The lowest BCUT2D eigenvalue weighted by Crippen LogP contribution is -2.56. The maximum absolute atomic E-state index is 12.6. The van der Waals surface area contributed by atoms with Crippen LogP contribution in [0.15, 0.2) is 12.1 Å². The summed E-state index contributed by atoms with van der Waals surface area (Å²) >= 11 is 0. The summed E-state index contributed by atoms with van der Waals surface area (Å²) in [4.78, 5) is 31.2. The Kier molecular flexibility index (Phi) is 3.19. The number of aromatic nitrogens is 1. The van der Waals surface area contributed by atoms with Crippen LogP contribution >= 0.6 is 0 Å². The normalized spacial score (nSPS) is 24.2. The summed E-state index contributed by atoms with van der Waals surface area (Å²) in [7, 11) is 0. The number of likely N-dealkylation sites (tertiary alicyclic amines) is 1. The van der Waals surface area contributed by atoms with Gasteiger partial charge in [0.2, 0.25) is 0 Å². The lowest BCUT2D eigenvalue weighted by Gasteiger charge is -2.39. The zero-order chi connectivity index (χ0) is 15.1. The first-order valence-electron chi connectivity index (χ1n) is 7.01. The molecule has 2 unspecified atom stereocenters. The molecule has 1 aromatic heterocycles. The highest BCUT2D eigenvalue weighted by Gasteiger charge is 2.44. The van der Waals surface area contributed by atoms with Crippen LogP contribution in [0.25, 0.3) is 0 Å². The summed E-state index contributed by atoms with van der Waals surface area (Å²) in [5.41, 5.74) is 6.74. The van der Waals surface area contributed by atoms with E-state index in [0.29, 0.717) is 30.2 Å². The number of rotatable bonds is 1. The van der Waals surface area contributed by atoms with Crippen molar-refractivity contribution in [1.82, 2.24) is 14.8 Å². The minimum atomic E-state index is -0.889. The smallest absolute Gasteiger partial charge is 0.407 e. The zero-order valence-electron chi connectivity index (χ0n) is 11.8.